The van der Waals surface area contributed by atoms with Crippen molar-refractivity contribution >= 4 is 34.0 Å². The van der Waals surface area contributed by atoms with Crippen molar-refractivity contribution in [2.75, 3.05) is 26.1 Å². The Labute approximate surface area is 129 Å². The molecule has 1 aliphatic heterocycles. The fourth-order valence-corrected chi connectivity index (χ4v) is 3.08. The molecule has 110 valence electrons. The molecule has 0 bridgehead atoms. The molecule has 0 radical (unpaired) electrons. The Kier molecular flexibility index (Phi) is 3.60. The molecule has 0 saturated carbocycles. The lowest BCUT2D eigenvalue weighted by molar-refractivity contribution is 0.0596. The molecule has 0 fully saturated rings. The van der Waals surface area contributed by atoms with Crippen LogP contribution < -0.4 is 15.2 Å². The summed E-state index contributed by atoms with van der Waals surface area (Å²) in [4.78, 5) is 16.4. The van der Waals surface area contributed by atoms with E-state index in [1.54, 1.807) is 12.1 Å². The van der Waals surface area contributed by atoms with Gasteiger partial charge in [0.05, 0.1) is 17.0 Å². The van der Waals surface area contributed by atoms with Gasteiger partial charge in [-0.3, -0.25) is 0 Å². The van der Waals surface area contributed by atoms with Gasteiger partial charge < -0.3 is 19.9 Å². The van der Waals surface area contributed by atoms with Crippen molar-refractivity contribution < 1.29 is 19.0 Å². The van der Waals surface area contributed by atoms with Crippen LogP contribution in [0.1, 0.15) is 10.5 Å². The molecule has 6 nitrogen and oxygen atoms in total. The predicted octanol–water partition coefficient (Wildman–Crippen LogP) is 2.60. The summed E-state index contributed by atoms with van der Waals surface area (Å²) >= 11 is 7.38. The van der Waals surface area contributed by atoms with E-state index < -0.39 is 5.97 Å². The Morgan fingerprint density at radius 3 is 2.95 bits per heavy atom. The Balaban J connectivity index is 2.13. The van der Waals surface area contributed by atoms with Crippen molar-refractivity contribution in [1.29, 1.82) is 0 Å². The van der Waals surface area contributed by atoms with Crippen LogP contribution in [0.5, 0.6) is 11.5 Å². The normalized spacial score (nSPS) is 13.0. The van der Waals surface area contributed by atoms with Crippen LogP contribution in [0.4, 0.5) is 5.13 Å². The van der Waals surface area contributed by atoms with Gasteiger partial charge in [-0.2, -0.15) is 0 Å². The quantitative estimate of drug-likeness (QED) is 0.854. The molecule has 0 amide bonds. The van der Waals surface area contributed by atoms with Crippen LogP contribution in [-0.2, 0) is 4.74 Å². The zero-order valence-electron chi connectivity index (χ0n) is 11.0. The molecule has 0 aliphatic carbocycles. The number of fused-ring (bicyclic) bond motifs is 1. The van der Waals surface area contributed by atoms with Gasteiger partial charge in [0.25, 0.3) is 0 Å². The standard InChI is InChI=1S/C13H11ClN2O4S/c1-18-12(17)9-11(21-13(15)16-9)6-4-7(14)10-8(5-6)19-2-3-20-10/h4-5H,2-3H2,1H3,(H2,15,16). The largest absolute Gasteiger partial charge is 0.486 e. The number of hydrogen-bond acceptors (Lipinski definition) is 7. The second-order valence-corrected chi connectivity index (χ2v) is 5.64. The third kappa shape index (κ3) is 2.50. The molecule has 21 heavy (non-hydrogen) atoms. The van der Waals surface area contributed by atoms with Crippen LogP contribution >= 0.6 is 22.9 Å². The van der Waals surface area contributed by atoms with Crippen LogP contribution in [0.3, 0.4) is 0 Å². The van der Waals surface area contributed by atoms with Crippen molar-refractivity contribution in [3.05, 3.63) is 22.8 Å². The van der Waals surface area contributed by atoms with Crippen molar-refractivity contribution in [2.24, 2.45) is 0 Å². The lowest BCUT2D eigenvalue weighted by Crippen LogP contribution is -2.15. The zero-order chi connectivity index (χ0) is 15.0. The van der Waals surface area contributed by atoms with Crippen LogP contribution in [0.15, 0.2) is 12.1 Å². The number of anilines is 1. The molecule has 0 unspecified atom stereocenters. The van der Waals surface area contributed by atoms with Crippen LogP contribution in [0.25, 0.3) is 10.4 Å². The predicted molar refractivity (Wildman–Crippen MR) is 79.3 cm³/mol. The number of nitrogens with zero attached hydrogens (tertiary/aromatic N) is 1. The maximum absolute atomic E-state index is 11.8. The van der Waals surface area contributed by atoms with Crippen molar-refractivity contribution in [1.82, 2.24) is 4.98 Å². The number of carbonyl (C=O) groups is 1. The van der Waals surface area contributed by atoms with Crippen LogP contribution in [0, 0.1) is 0 Å². The summed E-state index contributed by atoms with van der Waals surface area (Å²) in [6, 6.07) is 3.44. The molecular weight excluding hydrogens is 316 g/mol. The first-order valence-corrected chi connectivity index (χ1v) is 7.23. The molecule has 1 aromatic carbocycles. The molecule has 3 rings (SSSR count). The van der Waals surface area contributed by atoms with Gasteiger partial charge in [0, 0.05) is 0 Å². The summed E-state index contributed by atoms with van der Waals surface area (Å²) in [7, 11) is 1.29. The van der Waals surface area contributed by atoms with E-state index in [0.717, 1.165) is 0 Å². The Morgan fingerprint density at radius 1 is 1.43 bits per heavy atom. The zero-order valence-corrected chi connectivity index (χ0v) is 12.6. The monoisotopic (exact) mass is 326 g/mol. The van der Waals surface area contributed by atoms with E-state index in [0.29, 0.717) is 40.2 Å². The Bertz CT molecular complexity index is 716. The third-order valence-corrected chi connectivity index (χ3v) is 4.10. The molecule has 0 spiro atoms. The third-order valence-electron chi connectivity index (χ3n) is 2.88. The molecule has 1 aromatic heterocycles. The summed E-state index contributed by atoms with van der Waals surface area (Å²) in [5.41, 5.74) is 6.54. The molecule has 0 atom stereocenters. The Morgan fingerprint density at radius 2 is 2.19 bits per heavy atom. The van der Waals surface area contributed by atoms with Gasteiger partial charge in [-0.1, -0.05) is 22.9 Å². The van der Waals surface area contributed by atoms with E-state index in [2.05, 4.69) is 4.98 Å². The van der Waals surface area contributed by atoms with Crippen molar-refractivity contribution in [2.45, 2.75) is 0 Å². The lowest BCUT2D eigenvalue weighted by atomic mass is 10.1. The average Bonchev–Trinajstić information content (AvgIpc) is 2.88. The number of methoxy groups -OCH3 is 1. The number of hydrogen-bond donors (Lipinski definition) is 1. The topological polar surface area (TPSA) is 83.7 Å². The highest BCUT2D eigenvalue weighted by molar-refractivity contribution is 7.19. The number of carbonyl (C=O) groups excluding carboxylic acids is 1. The molecule has 2 aromatic rings. The highest BCUT2D eigenvalue weighted by Crippen LogP contribution is 2.43. The second-order valence-electron chi connectivity index (χ2n) is 4.20. The summed E-state index contributed by atoms with van der Waals surface area (Å²) in [6.45, 7) is 0.897. The minimum absolute atomic E-state index is 0.160. The van der Waals surface area contributed by atoms with E-state index in [4.69, 9.17) is 31.5 Å². The van der Waals surface area contributed by atoms with Crippen molar-refractivity contribution in [3.8, 4) is 21.9 Å². The molecule has 1 aliphatic rings. The average molecular weight is 327 g/mol. The van der Waals surface area contributed by atoms with E-state index in [-0.39, 0.29) is 10.8 Å². The number of thiazole rings is 1. The van der Waals surface area contributed by atoms with Gasteiger partial charge in [0.1, 0.15) is 13.2 Å². The summed E-state index contributed by atoms with van der Waals surface area (Å²) in [5.74, 6) is 0.485. The number of nitrogen functional groups attached to an aromatic ring is 1. The summed E-state index contributed by atoms with van der Waals surface area (Å²) < 4.78 is 15.7. The molecule has 8 heteroatoms. The van der Waals surface area contributed by atoms with Crippen molar-refractivity contribution in [3.63, 3.8) is 0 Å². The minimum Gasteiger partial charge on any atom is -0.486 e. The number of nitrogens with two attached hydrogens (primary N) is 1. The maximum Gasteiger partial charge on any atom is 0.358 e. The number of halogens is 1. The fraction of sp³-hybridized carbons (Fsp3) is 0.231. The molecular formula is C13H11ClN2O4S. The van der Waals surface area contributed by atoms with Gasteiger partial charge in [0.15, 0.2) is 22.3 Å². The SMILES string of the molecule is COC(=O)c1nc(N)sc1-c1cc(Cl)c2c(c1)OCCO2. The molecule has 2 heterocycles. The van der Waals surface area contributed by atoms with Gasteiger partial charge >= 0.3 is 5.97 Å². The lowest BCUT2D eigenvalue weighted by Gasteiger charge is -2.20. The number of ether oxygens (including phenoxy) is 3. The van der Waals surface area contributed by atoms with Gasteiger partial charge in [-0.05, 0) is 17.7 Å². The number of aromatic nitrogens is 1. The van der Waals surface area contributed by atoms with Gasteiger partial charge in [-0.15, -0.1) is 0 Å². The highest BCUT2D eigenvalue weighted by atomic mass is 35.5. The number of rotatable bonds is 2. The first kappa shape index (κ1) is 14.0. The van der Waals surface area contributed by atoms with E-state index in [1.807, 2.05) is 0 Å². The van der Waals surface area contributed by atoms with E-state index >= 15 is 0 Å². The minimum atomic E-state index is -0.552. The number of benzene rings is 1. The maximum atomic E-state index is 11.8. The van der Waals surface area contributed by atoms with Crippen LogP contribution in [-0.4, -0.2) is 31.3 Å². The van der Waals surface area contributed by atoms with E-state index in [1.165, 1.54) is 18.4 Å². The first-order valence-electron chi connectivity index (χ1n) is 6.04. The Hall–Kier alpha value is -1.99. The van der Waals surface area contributed by atoms with Gasteiger partial charge in [0.2, 0.25) is 0 Å². The first-order chi connectivity index (χ1) is 10.1. The van der Waals surface area contributed by atoms with Gasteiger partial charge in [-0.25, -0.2) is 9.78 Å². The smallest absolute Gasteiger partial charge is 0.358 e. The number of esters is 1. The molecule has 2 N–H and O–H groups in total. The summed E-state index contributed by atoms with van der Waals surface area (Å²) in [5, 5.41) is 0.682. The van der Waals surface area contributed by atoms with Crippen LogP contribution in [0.2, 0.25) is 5.02 Å². The molecule has 0 saturated heterocycles. The van der Waals surface area contributed by atoms with E-state index in [9.17, 15) is 4.79 Å². The fourth-order valence-electron chi connectivity index (χ4n) is 2.01. The summed E-state index contributed by atoms with van der Waals surface area (Å²) in [6.07, 6.45) is 0. The highest BCUT2D eigenvalue weighted by Gasteiger charge is 2.23. The second kappa shape index (κ2) is 5.42.